The van der Waals surface area contributed by atoms with Gasteiger partial charge in [0.15, 0.2) is 17.5 Å². The summed E-state index contributed by atoms with van der Waals surface area (Å²) in [4.78, 5) is 17.7. The topological polar surface area (TPSA) is 63.6 Å². The minimum absolute atomic E-state index is 0.382. The van der Waals surface area contributed by atoms with Gasteiger partial charge in [0.1, 0.15) is 5.82 Å². The molecular weight excluding hydrogens is 396 g/mol. The number of halogens is 2. The van der Waals surface area contributed by atoms with Gasteiger partial charge in [-0.25, -0.2) is 18.7 Å². The highest BCUT2D eigenvalue weighted by Gasteiger charge is 2.12. The first kappa shape index (κ1) is 18.7. The summed E-state index contributed by atoms with van der Waals surface area (Å²) in [6, 6.07) is 16.9. The molecule has 7 heteroatoms. The van der Waals surface area contributed by atoms with Crippen molar-refractivity contribution >= 4 is 22.4 Å². The molecule has 0 amide bonds. The SMILES string of the molecule is Fc1ccc(Nc2nc(-c3cccnc3)nc3cc(-c4cccnc4)ccc23)cc1F. The molecule has 3 aromatic heterocycles. The van der Waals surface area contributed by atoms with E-state index in [0.29, 0.717) is 22.8 Å². The summed E-state index contributed by atoms with van der Waals surface area (Å²) in [5.74, 6) is -0.897. The number of aromatic nitrogens is 4. The van der Waals surface area contributed by atoms with E-state index in [2.05, 4.69) is 20.3 Å². The van der Waals surface area contributed by atoms with E-state index in [1.165, 1.54) is 6.07 Å². The van der Waals surface area contributed by atoms with Crippen LogP contribution in [0.3, 0.4) is 0 Å². The number of benzene rings is 2. The Morgan fingerprint density at radius 3 is 2.16 bits per heavy atom. The lowest BCUT2D eigenvalue weighted by Crippen LogP contribution is -2.00. The fourth-order valence-electron chi connectivity index (χ4n) is 3.27. The number of hydrogen-bond acceptors (Lipinski definition) is 5. The highest BCUT2D eigenvalue weighted by atomic mass is 19.2. The van der Waals surface area contributed by atoms with Gasteiger partial charge in [-0.1, -0.05) is 12.1 Å². The molecule has 3 heterocycles. The molecule has 5 aromatic rings. The number of fused-ring (bicyclic) bond motifs is 1. The summed E-state index contributed by atoms with van der Waals surface area (Å²) in [5.41, 5.74) is 3.73. The molecule has 0 atom stereocenters. The van der Waals surface area contributed by atoms with Gasteiger partial charge < -0.3 is 5.32 Å². The van der Waals surface area contributed by atoms with Gasteiger partial charge >= 0.3 is 0 Å². The van der Waals surface area contributed by atoms with E-state index in [1.54, 1.807) is 30.9 Å². The van der Waals surface area contributed by atoms with Crippen LogP contribution in [-0.4, -0.2) is 19.9 Å². The Morgan fingerprint density at radius 2 is 1.45 bits per heavy atom. The fourth-order valence-corrected chi connectivity index (χ4v) is 3.27. The first-order chi connectivity index (χ1) is 15.2. The molecule has 0 saturated carbocycles. The van der Waals surface area contributed by atoms with Crippen LogP contribution in [-0.2, 0) is 0 Å². The van der Waals surface area contributed by atoms with Crippen molar-refractivity contribution in [3.8, 4) is 22.5 Å². The highest BCUT2D eigenvalue weighted by molar-refractivity contribution is 5.94. The van der Waals surface area contributed by atoms with Crippen molar-refractivity contribution in [2.24, 2.45) is 0 Å². The Labute approximate surface area is 176 Å². The molecule has 0 aliphatic carbocycles. The normalized spacial score (nSPS) is 10.9. The largest absolute Gasteiger partial charge is 0.340 e. The van der Waals surface area contributed by atoms with Crippen LogP contribution in [0.15, 0.2) is 85.5 Å². The van der Waals surface area contributed by atoms with Crippen molar-refractivity contribution < 1.29 is 8.78 Å². The van der Waals surface area contributed by atoms with Gasteiger partial charge in [0.25, 0.3) is 0 Å². The quantitative estimate of drug-likeness (QED) is 0.406. The molecule has 0 aliphatic heterocycles. The third-order valence-corrected chi connectivity index (χ3v) is 4.79. The second-order valence-electron chi connectivity index (χ2n) is 6.87. The van der Waals surface area contributed by atoms with Gasteiger partial charge in [0, 0.05) is 53.1 Å². The number of nitrogens with one attached hydrogen (secondary N) is 1. The Morgan fingerprint density at radius 1 is 0.677 bits per heavy atom. The zero-order chi connectivity index (χ0) is 21.2. The lowest BCUT2D eigenvalue weighted by atomic mass is 10.1. The number of anilines is 2. The molecule has 0 fully saturated rings. The molecule has 1 N–H and O–H groups in total. The second-order valence-corrected chi connectivity index (χ2v) is 6.87. The van der Waals surface area contributed by atoms with Crippen LogP contribution in [0, 0.1) is 11.6 Å². The van der Waals surface area contributed by atoms with Crippen LogP contribution in [0.1, 0.15) is 0 Å². The first-order valence-electron chi connectivity index (χ1n) is 9.52. The molecule has 0 bridgehead atoms. The van der Waals surface area contributed by atoms with E-state index < -0.39 is 11.6 Å². The van der Waals surface area contributed by atoms with Gasteiger partial charge in [-0.2, -0.15) is 0 Å². The summed E-state index contributed by atoms with van der Waals surface area (Å²) in [6.45, 7) is 0. The van der Waals surface area contributed by atoms with E-state index >= 15 is 0 Å². The lowest BCUT2D eigenvalue weighted by molar-refractivity contribution is 0.509. The zero-order valence-corrected chi connectivity index (χ0v) is 16.1. The zero-order valence-electron chi connectivity index (χ0n) is 16.1. The van der Waals surface area contributed by atoms with Crippen molar-refractivity contribution in [3.05, 3.63) is 97.1 Å². The number of hydrogen-bond donors (Lipinski definition) is 1. The smallest absolute Gasteiger partial charge is 0.163 e. The van der Waals surface area contributed by atoms with Crippen LogP contribution >= 0.6 is 0 Å². The Balaban J connectivity index is 1.67. The van der Waals surface area contributed by atoms with Gasteiger partial charge in [0.05, 0.1) is 5.52 Å². The number of pyridine rings is 2. The Kier molecular flexibility index (Phi) is 4.76. The molecule has 5 nitrogen and oxygen atoms in total. The standard InChI is InChI=1S/C24H15F2N5/c25-20-8-6-18(12-21(20)26)29-24-19-7-5-15(16-3-1-9-27-13-16)11-22(19)30-23(31-24)17-4-2-10-28-14-17/h1-14H,(H,29,30,31). The number of nitrogens with zero attached hydrogens (tertiary/aromatic N) is 4. The van der Waals surface area contributed by atoms with Gasteiger partial charge in [0.2, 0.25) is 0 Å². The average molecular weight is 411 g/mol. The van der Waals surface area contributed by atoms with Gasteiger partial charge in [-0.15, -0.1) is 0 Å². The Bertz CT molecular complexity index is 1370. The summed E-state index contributed by atoms with van der Waals surface area (Å²) in [5, 5.41) is 3.83. The second kappa shape index (κ2) is 7.87. The van der Waals surface area contributed by atoms with Crippen LogP contribution < -0.4 is 5.32 Å². The van der Waals surface area contributed by atoms with E-state index in [0.717, 1.165) is 34.2 Å². The molecule has 5 rings (SSSR count). The van der Waals surface area contributed by atoms with Crippen LogP contribution in [0.2, 0.25) is 0 Å². The monoisotopic (exact) mass is 411 g/mol. The van der Waals surface area contributed by atoms with Crippen molar-refractivity contribution in [1.29, 1.82) is 0 Å². The van der Waals surface area contributed by atoms with Crippen LogP contribution in [0.25, 0.3) is 33.4 Å². The molecule has 0 spiro atoms. The van der Waals surface area contributed by atoms with Crippen molar-refractivity contribution in [1.82, 2.24) is 19.9 Å². The third kappa shape index (κ3) is 3.81. The number of rotatable bonds is 4. The summed E-state index contributed by atoms with van der Waals surface area (Å²) in [6.07, 6.45) is 6.85. The summed E-state index contributed by atoms with van der Waals surface area (Å²) in [7, 11) is 0. The molecule has 2 aromatic carbocycles. The molecule has 31 heavy (non-hydrogen) atoms. The molecular formula is C24H15F2N5. The maximum absolute atomic E-state index is 13.7. The maximum Gasteiger partial charge on any atom is 0.163 e. The molecule has 0 aliphatic rings. The average Bonchev–Trinajstić information content (AvgIpc) is 2.82. The van der Waals surface area contributed by atoms with Crippen molar-refractivity contribution in [2.75, 3.05) is 5.32 Å². The molecule has 150 valence electrons. The van der Waals surface area contributed by atoms with Crippen molar-refractivity contribution in [2.45, 2.75) is 0 Å². The van der Waals surface area contributed by atoms with E-state index in [1.807, 2.05) is 36.4 Å². The van der Waals surface area contributed by atoms with E-state index in [9.17, 15) is 8.78 Å². The first-order valence-corrected chi connectivity index (χ1v) is 9.52. The minimum Gasteiger partial charge on any atom is -0.340 e. The predicted octanol–water partition coefficient (Wildman–Crippen LogP) is 5.78. The van der Waals surface area contributed by atoms with Crippen LogP contribution in [0.5, 0.6) is 0 Å². The molecule has 0 radical (unpaired) electrons. The summed E-state index contributed by atoms with van der Waals surface area (Å²) >= 11 is 0. The van der Waals surface area contributed by atoms with Gasteiger partial charge in [-0.05, 0) is 48.0 Å². The van der Waals surface area contributed by atoms with E-state index in [-0.39, 0.29) is 0 Å². The molecule has 0 unspecified atom stereocenters. The fraction of sp³-hybridized carbons (Fsp3) is 0. The highest BCUT2D eigenvalue weighted by Crippen LogP contribution is 2.30. The van der Waals surface area contributed by atoms with E-state index in [4.69, 9.17) is 4.98 Å². The van der Waals surface area contributed by atoms with Gasteiger partial charge in [-0.3, -0.25) is 9.97 Å². The van der Waals surface area contributed by atoms with Crippen molar-refractivity contribution in [3.63, 3.8) is 0 Å². The third-order valence-electron chi connectivity index (χ3n) is 4.79. The molecule has 0 saturated heterocycles. The lowest BCUT2D eigenvalue weighted by Gasteiger charge is -2.12. The Hall–Kier alpha value is -4.26. The van der Waals surface area contributed by atoms with Crippen LogP contribution in [0.4, 0.5) is 20.3 Å². The minimum atomic E-state index is -0.935. The summed E-state index contributed by atoms with van der Waals surface area (Å²) < 4.78 is 27.1. The maximum atomic E-state index is 13.7. The predicted molar refractivity (Wildman–Crippen MR) is 116 cm³/mol.